The van der Waals surface area contributed by atoms with Gasteiger partial charge in [-0.25, -0.2) is 0 Å². The van der Waals surface area contributed by atoms with Crippen molar-refractivity contribution in [2.24, 2.45) is 5.92 Å². The molecule has 4 nitrogen and oxygen atoms in total. The number of Topliss-reactive ketones (excluding diaryl/α,β-unsaturated/α-hetero) is 1. The summed E-state index contributed by atoms with van der Waals surface area (Å²) in [6, 6.07) is 0. The van der Waals surface area contributed by atoms with Gasteiger partial charge in [-0.2, -0.15) is 0 Å². The van der Waals surface area contributed by atoms with E-state index < -0.39 is 0 Å². The number of amides is 1. The van der Waals surface area contributed by atoms with Gasteiger partial charge in [0.2, 0.25) is 5.91 Å². The zero-order chi connectivity index (χ0) is 18.0. The molecule has 0 spiro atoms. The van der Waals surface area contributed by atoms with Crippen molar-refractivity contribution in [2.45, 2.75) is 84.1 Å². The molecule has 132 valence electrons. The fraction of sp³-hybridized carbons (Fsp3) is 0.882. The number of aliphatic hydroxyl groups excluding tert-OH is 1. The molecule has 1 amide bonds. The Kier molecular flexibility index (Phi) is 25.5. The van der Waals surface area contributed by atoms with Crippen LogP contribution in [0.1, 0.15) is 73.1 Å². The SMILES string of the molecule is CC(C)O.CC1CCCCC1.CCC(=O)NCC(C)=O.[CH3][Sb]. The summed E-state index contributed by atoms with van der Waals surface area (Å²) in [6.07, 6.45) is 7.71. The van der Waals surface area contributed by atoms with Gasteiger partial charge in [0.1, 0.15) is 5.78 Å². The molecular weight excluding hydrogens is 388 g/mol. The molecule has 1 aliphatic rings. The molecule has 1 fully saturated rings. The Morgan fingerprint density at radius 1 is 1.18 bits per heavy atom. The number of carbonyl (C=O) groups excluding carboxylic acids is 2. The molecule has 1 aliphatic carbocycles. The second-order valence-electron chi connectivity index (χ2n) is 5.67. The van der Waals surface area contributed by atoms with Gasteiger partial charge >= 0.3 is 27.9 Å². The average molecular weight is 424 g/mol. The summed E-state index contributed by atoms with van der Waals surface area (Å²) in [4.78, 5) is 22.8. The van der Waals surface area contributed by atoms with Gasteiger partial charge in [0, 0.05) is 12.5 Å². The predicted octanol–water partition coefficient (Wildman–Crippen LogP) is 3.28. The zero-order valence-corrected chi connectivity index (χ0v) is 17.9. The second kappa shape index (κ2) is 20.9. The molecule has 0 saturated heterocycles. The molecular formula is C17H36NO3Sb. The van der Waals surface area contributed by atoms with Crippen LogP contribution in [0.4, 0.5) is 0 Å². The van der Waals surface area contributed by atoms with Crippen LogP contribution in [0.15, 0.2) is 0 Å². The van der Waals surface area contributed by atoms with Crippen molar-refractivity contribution in [1.29, 1.82) is 0 Å². The van der Waals surface area contributed by atoms with E-state index in [1.54, 1.807) is 43.8 Å². The molecule has 2 radical (unpaired) electrons. The van der Waals surface area contributed by atoms with Crippen molar-refractivity contribution in [2.75, 3.05) is 6.54 Å². The fourth-order valence-corrected chi connectivity index (χ4v) is 1.65. The number of hydrogen-bond donors (Lipinski definition) is 2. The molecule has 0 unspecified atom stereocenters. The topological polar surface area (TPSA) is 66.4 Å². The van der Waals surface area contributed by atoms with Crippen LogP contribution in [0.5, 0.6) is 0 Å². The van der Waals surface area contributed by atoms with Crippen molar-refractivity contribution in [1.82, 2.24) is 5.32 Å². The Morgan fingerprint density at radius 3 is 1.82 bits per heavy atom. The number of hydrogen-bond acceptors (Lipinski definition) is 3. The van der Waals surface area contributed by atoms with Crippen LogP contribution in [0.3, 0.4) is 0 Å². The van der Waals surface area contributed by atoms with E-state index in [0.29, 0.717) is 6.42 Å². The van der Waals surface area contributed by atoms with Crippen LogP contribution in [0.2, 0.25) is 4.87 Å². The van der Waals surface area contributed by atoms with E-state index >= 15 is 0 Å². The van der Waals surface area contributed by atoms with E-state index in [4.69, 9.17) is 5.11 Å². The van der Waals surface area contributed by atoms with Gasteiger partial charge in [-0.1, -0.05) is 46.0 Å². The molecule has 2 N–H and O–H groups in total. The predicted molar refractivity (Wildman–Crippen MR) is 95.2 cm³/mol. The quantitative estimate of drug-likeness (QED) is 0.684. The van der Waals surface area contributed by atoms with Gasteiger partial charge in [0.15, 0.2) is 0 Å². The molecule has 1 saturated carbocycles. The molecule has 0 aromatic rings. The van der Waals surface area contributed by atoms with Crippen LogP contribution in [0.25, 0.3) is 0 Å². The summed E-state index contributed by atoms with van der Waals surface area (Å²) >= 11 is 1.75. The summed E-state index contributed by atoms with van der Waals surface area (Å²) in [5, 5.41) is 10.5. The Labute approximate surface area is 151 Å². The van der Waals surface area contributed by atoms with Crippen LogP contribution in [-0.4, -0.2) is 52.5 Å². The normalized spacial score (nSPS) is 13.5. The Bertz CT molecular complexity index is 250. The molecule has 0 aromatic heterocycles. The summed E-state index contributed by atoms with van der Waals surface area (Å²) in [7, 11) is 0. The van der Waals surface area contributed by atoms with Gasteiger partial charge in [-0.3, -0.25) is 9.59 Å². The third-order valence-corrected chi connectivity index (χ3v) is 2.75. The van der Waals surface area contributed by atoms with Crippen molar-refractivity contribution in [3.63, 3.8) is 0 Å². The van der Waals surface area contributed by atoms with E-state index in [1.807, 2.05) is 0 Å². The van der Waals surface area contributed by atoms with Crippen molar-refractivity contribution in [3.05, 3.63) is 0 Å². The first kappa shape index (κ1) is 26.8. The summed E-state index contributed by atoms with van der Waals surface area (Å²) < 4.78 is 0. The van der Waals surface area contributed by atoms with Crippen molar-refractivity contribution >= 4 is 34.7 Å². The second-order valence-corrected chi connectivity index (χ2v) is 5.67. The first-order chi connectivity index (χ1) is 10.3. The van der Waals surface area contributed by atoms with E-state index in [1.165, 1.54) is 39.0 Å². The first-order valence-corrected chi connectivity index (χ1v) is 10.7. The van der Waals surface area contributed by atoms with Gasteiger partial charge in [-0.15, -0.1) is 0 Å². The van der Waals surface area contributed by atoms with E-state index in [0.717, 1.165) is 5.92 Å². The molecule has 0 bridgehead atoms. The Hall–Kier alpha value is -0.0818. The number of aliphatic hydroxyl groups is 1. The third-order valence-electron chi connectivity index (χ3n) is 2.75. The van der Waals surface area contributed by atoms with Crippen molar-refractivity contribution in [3.8, 4) is 0 Å². The number of carbonyl (C=O) groups is 2. The van der Waals surface area contributed by atoms with Crippen LogP contribution in [0, 0.1) is 5.92 Å². The van der Waals surface area contributed by atoms with Crippen LogP contribution < -0.4 is 5.32 Å². The zero-order valence-electron chi connectivity index (χ0n) is 15.3. The summed E-state index contributed by atoms with van der Waals surface area (Å²) in [6.45, 7) is 9.15. The summed E-state index contributed by atoms with van der Waals surface area (Å²) in [5.74, 6) is 0.941. The molecule has 5 heteroatoms. The third kappa shape index (κ3) is 32.0. The van der Waals surface area contributed by atoms with Gasteiger partial charge < -0.3 is 10.4 Å². The average Bonchev–Trinajstić information content (AvgIpc) is 2.47. The summed E-state index contributed by atoms with van der Waals surface area (Å²) in [5.41, 5.74) is 0. The number of ketones is 1. The van der Waals surface area contributed by atoms with E-state index in [9.17, 15) is 9.59 Å². The van der Waals surface area contributed by atoms with Gasteiger partial charge in [0.25, 0.3) is 0 Å². The van der Waals surface area contributed by atoms with Crippen LogP contribution in [-0.2, 0) is 9.59 Å². The molecule has 0 atom stereocenters. The minimum absolute atomic E-state index is 0.0169. The van der Waals surface area contributed by atoms with Gasteiger partial charge in [0.05, 0.1) is 6.54 Å². The number of rotatable bonds is 3. The van der Waals surface area contributed by atoms with Crippen molar-refractivity contribution < 1.29 is 14.7 Å². The maximum absolute atomic E-state index is 10.5. The van der Waals surface area contributed by atoms with E-state index in [-0.39, 0.29) is 24.3 Å². The molecule has 1 rings (SSSR count). The van der Waals surface area contributed by atoms with Gasteiger partial charge in [-0.05, 0) is 26.7 Å². The Balaban J connectivity index is -0.000000247. The van der Waals surface area contributed by atoms with Crippen LogP contribution >= 0.6 is 0 Å². The Morgan fingerprint density at radius 2 is 1.59 bits per heavy atom. The fourth-order valence-electron chi connectivity index (χ4n) is 1.65. The van der Waals surface area contributed by atoms with E-state index in [2.05, 4.69) is 17.1 Å². The molecule has 22 heavy (non-hydrogen) atoms. The molecule has 0 aliphatic heterocycles. The first-order valence-electron chi connectivity index (χ1n) is 8.18. The number of nitrogens with one attached hydrogen (secondary N) is 1. The molecule has 0 heterocycles. The monoisotopic (exact) mass is 423 g/mol. The standard InChI is InChI=1S/C7H14.C6H11NO2.C3H8O.CH3.Sb/c1-7-5-3-2-4-6-7;1-3-6(9)7-4-5(2)8;1-3(2)4;;/h7H,2-6H2,1H3;3-4H2,1-2H3,(H,7,9);3-4H,1-2H3;1H3;. The minimum atomic E-state index is -0.167. The molecule has 0 aromatic carbocycles. The maximum atomic E-state index is 10.5.